The number of rotatable bonds is 5. The average Bonchev–Trinajstić information content (AvgIpc) is 2.55. The molecule has 0 spiro atoms. The van der Waals surface area contributed by atoms with Crippen LogP contribution < -0.4 is 5.32 Å². The van der Waals surface area contributed by atoms with Gasteiger partial charge in [0.05, 0.1) is 16.9 Å². The molecule has 1 saturated heterocycles. The van der Waals surface area contributed by atoms with E-state index >= 15 is 0 Å². The molecule has 0 radical (unpaired) electrons. The molecule has 4 nitrogen and oxygen atoms in total. The van der Waals surface area contributed by atoms with Crippen molar-refractivity contribution in [1.82, 2.24) is 15.2 Å². The van der Waals surface area contributed by atoms with E-state index in [0.29, 0.717) is 12.0 Å². The van der Waals surface area contributed by atoms with Crippen molar-refractivity contribution in [2.75, 3.05) is 20.6 Å². The van der Waals surface area contributed by atoms with Crippen molar-refractivity contribution in [2.24, 2.45) is 5.92 Å². The maximum absolute atomic E-state index is 6.30. The van der Waals surface area contributed by atoms with Crippen molar-refractivity contribution in [1.29, 1.82) is 0 Å². The number of ether oxygens (including phenoxy) is 1. The zero-order valence-corrected chi connectivity index (χ0v) is 14.2. The standard InChI is InChI=1S/C17H29N3O/c1-16(2)14(15(18-5)17(3,4)21-16)12-20(6)11-13-9-7-8-10-19-13/h7-10,14-15,18H,11-12H2,1-6H3. The summed E-state index contributed by atoms with van der Waals surface area (Å²) in [6.07, 6.45) is 1.85. The summed E-state index contributed by atoms with van der Waals surface area (Å²) in [5, 5.41) is 3.46. The van der Waals surface area contributed by atoms with Crippen molar-refractivity contribution < 1.29 is 4.74 Å². The van der Waals surface area contributed by atoms with Gasteiger partial charge in [-0.2, -0.15) is 0 Å². The topological polar surface area (TPSA) is 37.4 Å². The lowest BCUT2D eigenvalue weighted by molar-refractivity contribution is -0.0791. The minimum Gasteiger partial charge on any atom is -0.368 e. The van der Waals surface area contributed by atoms with Crippen LogP contribution in [0.4, 0.5) is 0 Å². The summed E-state index contributed by atoms with van der Waals surface area (Å²) in [6, 6.07) is 6.42. The van der Waals surface area contributed by atoms with E-state index in [2.05, 4.69) is 56.0 Å². The normalized spacial score (nSPS) is 27.2. The van der Waals surface area contributed by atoms with E-state index < -0.39 is 0 Å². The van der Waals surface area contributed by atoms with Crippen LogP contribution in [0.25, 0.3) is 0 Å². The highest BCUT2D eigenvalue weighted by molar-refractivity contribution is 5.07. The molecule has 4 heteroatoms. The summed E-state index contributed by atoms with van der Waals surface area (Å²) in [5.41, 5.74) is 0.835. The molecule has 2 rings (SSSR count). The molecule has 2 atom stereocenters. The Morgan fingerprint density at radius 3 is 2.52 bits per heavy atom. The fourth-order valence-corrected chi connectivity index (χ4v) is 3.75. The first-order chi connectivity index (χ1) is 9.76. The summed E-state index contributed by atoms with van der Waals surface area (Å²) in [5.74, 6) is 0.436. The molecule has 2 heterocycles. The largest absolute Gasteiger partial charge is 0.368 e. The summed E-state index contributed by atoms with van der Waals surface area (Å²) in [7, 11) is 4.19. The maximum Gasteiger partial charge on any atom is 0.0790 e. The summed E-state index contributed by atoms with van der Waals surface area (Å²) < 4.78 is 6.30. The van der Waals surface area contributed by atoms with Crippen LogP contribution in [0.5, 0.6) is 0 Å². The Kier molecular flexibility index (Phi) is 4.71. The summed E-state index contributed by atoms with van der Waals surface area (Å²) in [6.45, 7) is 10.6. The quantitative estimate of drug-likeness (QED) is 0.903. The molecule has 0 bridgehead atoms. The molecule has 1 N–H and O–H groups in total. The third-order valence-electron chi connectivity index (χ3n) is 4.55. The number of aromatic nitrogens is 1. The minimum atomic E-state index is -0.144. The monoisotopic (exact) mass is 291 g/mol. The zero-order valence-electron chi connectivity index (χ0n) is 14.2. The fourth-order valence-electron chi connectivity index (χ4n) is 3.75. The van der Waals surface area contributed by atoms with E-state index in [9.17, 15) is 0 Å². The second kappa shape index (κ2) is 6.03. The van der Waals surface area contributed by atoms with Crippen LogP contribution in [-0.4, -0.2) is 47.8 Å². The van der Waals surface area contributed by atoms with Gasteiger partial charge in [0.15, 0.2) is 0 Å². The van der Waals surface area contributed by atoms with Crippen molar-refractivity contribution in [3.05, 3.63) is 30.1 Å². The Bertz CT molecular complexity index is 458. The van der Waals surface area contributed by atoms with Gasteiger partial charge < -0.3 is 15.0 Å². The highest BCUT2D eigenvalue weighted by Crippen LogP contribution is 2.42. The van der Waals surface area contributed by atoms with Crippen molar-refractivity contribution >= 4 is 0 Å². The second-order valence-electron chi connectivity index (χ2n) is 7.20. The van der Waals surface area contributed by atoms with E-state index in [1.54, 1.807) is 0 Å². The predicted octanol–water partition coefficient (Wildman–Crippen LogP) is 2.30. The summed E-state index contributed by atoms with van der Waals surface area (Å²) >= 11 is 0. The number of pyridine rings is 1. The van der Waals surface area contributed by atoms with E-state index in [4.69, 9.17) is 4.74 Å². The fraction of sp³-hybridized carbons (Fsp3) is 0.706. The SMILES string of the molecule is CNC1C(CN(C)Cc2ccccn2)C(C)(C)OC1(C)C. The van der Waals surface area contributed by atoms with Crippen LogP contribution in [0, 0.1) is 5.92 Å². The van der Waals surface area contributed by atoms with Crippen molar-refractivity contribution in [3.8, 4) is 0 Å². The van der Waals surface area contributed by atoms with Gasteiger partial charge in [0.25, 0.3) is 0 Å². The van der Waals surface area contributed by atoms with Gasteiger partial charge in [-0.05, 0) is 53.9 Å². The van der Waals surface area contributed by atoms with E-state index in [1.807, 2.05) is 25.4 Å². The van der Waals surface area contributed by atoms with Gasteiger partial charge in [-0.3, -0.25) is 4.98 Å². The Morgan fingerprint density at radius 1 is 1.24 bits per heavy atom. The van der Waals surface area contributed by atoms with E-state index in [-0.39, 0.29) is 11.2 Å². The molecule has 1 aliphatic heterocycles. The Morgan fingerprint density at radius 2 is 1.95 bits per heavy atom. The first kappa shape index (κ1) is 16.4. The third kappa shape index (κ3) is 3.62. The number of nitrogens with zero attached hydrogens (tertiary/aromatic N) is 2. The van der Waals surface area contributed by atoms with Gasteiger partial charge >= 0.3 is 0 Å². The molecule has 0 saturated carbocycles. The number of likely N-dealkylation sites (N-methyl/N-ethyl adjacent to an activating group) is 1. The molecule has 0 aromatic carbocycles. The van der Waals surface area contributed by atoms with Crippen molar-refractivity contribution in [2.45, 2.75) is 51.5 Å². The molecule has 1 aromatic rings. The lowest BCUT2D eigenvalue weighted by Gasteiger charge is -2.32. The first-order valence-electron chi connectivity index (χ1n) is 7.72. The molecule has 1 aliphatic rings. The number of hydrogen-bond donors (Lipinski definition) is 1. The molecule has 0 amide bonds. The number of hydrogen-bond acceptors (Lipinski definition) is 4. The van der Waals surface area contributed by atoms with Crippen LogP contribution >= 0.6 is 0 Å². The molecule has 21 heavy (non-hydrogen) atoms. The van der Waals surface area contributed by atoms with E-state index in [0.717, 1.165) is 18.8 Å². The lowest BCUT2D eigenvalue weighted by Crippen LogP contribution is -2.49. The Labute approximate surface area is 128 Å². The van der Waals surface area contributed by atoms with Crippen LogP contribution in [0.2, 0.25) is 0 Å². The number of nitrogens with one attached hydrogen (secondary N) is 1. The highest BCUT2D eigenvalue weighted by atomic mass is 16.5. The molecule has 1 fully saturated rings. The van der Waals surface area contributed by atoms with Gasteiger partial charge in [-0.15, -0.1) is 0 Å². The molecule has 0 aliphatic carbocycles. The lowest BCUT2D eigenvalue weighted by atomic mass is 9.82. The van der Waals surface area contributed by atoms with Gasteiger partial charge in [0.2, 0.25) is 0 Å². The second-order valence-corrected chi connectivity index (χ2v) is 7.20. The third-order valence-corrected chi connectivity index (χ3v) is 4.55. The van der Waals surface area contributed by atoms with Crippen LogP contribution in [-0.2, 0) is 11.3 Å². The molecule has 118 valence electrons. The van der Waals surface area contributed by atoms with Crippen LogP contribution in [0.15, 0.2) is 24.4 Å². The van der Waals surface area contributed by atoms with Crippen LogP contribution in [0.1, 0.15) is 33.4 Å². The zero-order chi connectivity index (χ0) is 15.7. The highest BCUT2D eigenvalue weighted by Gasteiger charge is 2.53. The Balaban J connectivity index is 2.06. The average molecular weight is 291 g/mol. The van der Waals surface area contributed by atoms with Crippen LogP contribution in [0.3, 0.4) is 0 Å². The van der Waals surface area contributed by atoms with Gasteiger partial charge in [-0.25, -0.2) is 0 Å². The van der Waals surface area contributed by atoms with Gasteiger partial charge in [-0.1, -0.05) is 6.07 Å². The molecule has 1 aromatic heterocycles. The summed E-state index contributed by atoms with van der Waals surface area (Å²) in [4.78, 5) is 6.75. The first-order valence-corrected chi connectivity index (χ1v) is 7.72. The molecule has 2 unspecified atom stereocenters. The smallest absolute Gasteiger partial charge is 0.0790 e. The maximum atomic E-state index is 6.30. The van der Waals surface area contributed by atoms with E-state index in [1.165, 1.54) is 0 Å². The Hall–Kier alpha value is -0.970. The molecular weight excluding hydrogens is 262 g/mol. The van der Waals surface area contributed by atoms with Gasteiger partial charge in [0.1, 0.15) is 0 Å². The minimum absolute atomic E-state index is 0.129. The van der Waals surface area contributed by atoms with Crippen molar-refractivity contribution in [3.63, 3.8) is 0 Å². The van der Waals surface area contributed by atoms with Gasteiger partial charge in [0, 0.05) is 31.2 Å². The molecular formula is C17H29N3O. The predicted molar refractivity (Wildman–Crippen MR) is 86.2 cm³/mol.